The summed E-state index contributed by atoms with van der Waals surface area (Å²) in [6, 6.07) is 18.0. The monoisotopic (exact) mass is 447 g/mol. The highest BCUT2D eigenvalue weighted by molar-refractivity contribution is 6.11. The number of pyridine rings is 1. The number of H-pyrrole nitrogens is 2. The number of para-hydroxylation sites is 1. The molecular formula is C25H17N7O2. The molecule has 0 saturated carbocycles. The molecule has 0 atom stereocenters. The standard InChI is InChI=1S/C25H17N7O2/c33-22(31-24-27-13-14-28-24)18-7-4-8-19-21(18)30-25(29-19)32-23(34)20-15-17(11-12-26-20)10-9-16-5-2-1-3-6-16/h1-8,11-15H,(H2,27,28,31,33)(H2,29,30,32,34). The number of hydrogen-bond donors (Lipinski definition) is 4. The molecular weight excluding hydrogens is 430 g/mol. The summed E-state index contributed by atoms with van der Waals surface area (Å²) in [5, 5.41) is 5.36. The second kappa shape index (κ2) is 9.10. The lowest BCUT2D eigenvalue weighted by atomic mass is 10.2. The topological polar surface area (TPSA) is 128 Å². The van der Waals surface area contributed by atoms with Gasteiger partial charge in [-0.3, -0.25) is 25.2 Å². The van der Waals surface area contributed by atoms with E-state index in [4.69, 9.17) is 0 Å². The smallest absolute Gasteiger partial charge is 0.276 e. The largest absolute Gasteiger partial charge is 0.331 e. The van der Waals surface area contributed by atoms with Crippen molar-refractivity contribution < 1.29 is 9.59 Å². The molecule has 3 heterocycles. The summed E-state index contributed by atoms with van der Waals surface area (Å²) >= 11 is 0. The predicted octanol–water partition coefficient (Wildman–Crippen LogP) is 3.59. The average Bonchev–Trinajstić information content (AvgIpc) is 3.52. The molecule has 9 heteroatoms. The van der Waals surface area contributed by atoms with E-state index in [9.17, 15) is 9.59 Å². The third-order valence-electron chi connectivity index (χ3n) is 4.84. The Kier molecular flexibility index (Phi) is 5.53. The Balaban J connectivity index is 1.35. The number of nitrogens with one attached hydrogen (secondary N) is 4. The van der Waals surface area contributed by atoms with Gasteiger partial charge in [-0.15, -0.1) is 0 Å². The first kappa shape index (κ1) is 20.7. The van der Waals surface area contributed by atoms with Crippen LogP contribution in [0.1, 0.15) is 32.0 Å². The summed E-state index contributed by atoms with van der Waals surface area (Å²) in [5.41, 5.74) is 3.07. The van der Waals surface area contributed by atoms with E-state index in [1.165, 1.54) is 12.4 Å². The van der Waals surface area contributed by atoms with Crippen LogP contribution in [0.5, 0.6) is 0 Å². The first-order valence-electron chi connectivity index (χ1n) is 10.3. The summed E-state index contributed by atoms with van der Waals surface area (Å²) in [6.07, 6.45) is 4.67. The van der Waals surface area contributed by atoms with E-state index in [0.717, 1.165) is 5.56 Å². The summed E-state index contributed by atoms with van der Waals surface area (Å²) in [6.45, 7) is 0. The van der Waals surface area contributed by atoms with Crippen molar-refractivity contribution in [1.29, 1.82) is 0 Å². The van der Waals surface area contributed by atoms with Gasteiger partial charge in [0.15, 0.2) is 0 Å². The van der Waals surface area contributed by atoms with Crippen molar-refractivity contribution in [3.05, 3.63) is 102 Å². The third kappa shape index (κ3) is 4.51. The molecule has 164 valence electrons. The van der Waals surface area contributed by atoms with E-state index in [0.29, 0.717) is 28.1 Å². The molecule has 9 nitrogen and oxygen atoms in total. The molecule has 5 rings (SSSR count). The molecule has 2 aromatic carbocycles. The number of rotatable bonds is 4. The summed E-state index contributed by atoms with van der Waals surface area (Å²) in [5.74, 6) is 5.78. The van der Waals surface area contributed by atoms with Crippen molar-refractivity contribution in [3.63, 3.8) is 0 Å². The SMILES string of the molecule is O=C(Nc1nc2c(C(=O)Nc3ncc[nH]3)cccc2[nH]1)c1cc(C#Cc2ccccc2)ccn1. The van der Waals surface area contributed by atoms with Crippen LogP contribution in [0, 0.1) is 11.8 Å². The third-order valence-corrected chi connectivity index (χ3v) is 4.84. The van der Waals surface area contributed by atoms with Crippen LogP contribution in [-0.2, 0) is 0 Å². The predicted molar refractivity (Wildman–Crippen MR) is 127 cm³/mol. The van der Waals surface area contributed by atoms with Gasteiger partial charge < -0.3 is 9.97 Å². The van der Waals surface area contributed by atoms with Crippen molar-refractivity contribution in [1.82, 2.24) is 24.9 Å². The average molecular weight is 447 g/mol. The molecule has 0 aliphatic heterocycles. The van der Waals surface area contributed by atoms with Crippen LogP contribution in [0.4, 0.5) is 11.9 Å². The van der Waals surface area contributed by atoms with Crippen molar-refractivity contribution in [2.75, 3.05) is 10.6 Å². The van der Waals surface area contributed by atoms with E-state index in [1.54, 1.807) is 36.5 Å². The second-order valence-electron chi connectivity index (χ2n) is 7.18. The molecule has 34 heavy (non-hydrogen) atoms. The van der Waals surface area contributed by atoms with Gasteiger partial charge >= 0.3 is 0 Å². The van der Waals surface area contributed by atoms with Crippen molar-refractivity contribution in [2.24, 2.45) is 0 Å². The van der Waals surface area contributed by atoms with Crippen LogP contribution in [0.3, 0.4) is 0 Å². The maximum Gasteiger partial charge on any atom is 0.276 e. The van der Waals surface area contributed by atoms with E-state index < -0.39 is 5.91 Å². The highest BCUT2D eigenvalue weighted by Crippen LogP contribution is 2.20. The quantitative estimate of drug-likeness (QED) is 0.313. The number of carbonyl (C=O) groups excluding carboxylic acids is 2. The van der Waals surface area contributed by atoms with Gasteiger partial charge in [0.05, 0.1) is 11.1 Å². The lowest BCUT2D eigenvalue weighted by Crippen LogP contribution is -2.15. The first-order valence-corrected chi connectivity index (χ1v) is 10.3. The van der Waals surface area contributed by atoms with E-state index in [-0.39, 0.29) is 17.5 Å². The summed E-state index contributed by atoms with van der Waals surface area (Å²) < 4.78 is 0. The maximum absolute atomic E-state index is 12.8. The Morgan fingerprint density at radius 3 is 2.44 bits per heavy atom. The number of aromatic amines is 2. The minimum absolute atomic E-state index is 0.191. The number of anilines is 2. The number of nitrogens with zero attached hydrogens (tertiary/aromatic N) is 3. The van der Waals surface area contributed by atoms with E-state index in [1.807, 2.05) is 30.3 Å². The Bertz CT molecular complexity index is 1540. The van der Waals surface area contributed by atoms with Gasteiger partial charge in [0.2, 0.25) is 11.9 Å². The number of imidazole rings is 2. The van der Waals surface area contributed by atoms with E-state index >= 15 is 0 Å². The molecule has 0 unspecified atom stereocenters. The number of hydrogen-bond acceptors (Lipinski definition) is 5. The van der Waals surface area contributed by atoms with Crippen LogP contribution >= 0.6 is 0 Å². The fourth-order valence-corrected chi connectivity index (χ4v) is 3.25. The molecule has 0 fully saturated rings. The zero-order chi connectivity index (χ0) is 23.3. The molecule has 0 aliphatic rings. The fraction of sp³-hybridized carbons (Fsp3) is 0. The number of carbonyl (C=O) groups is 2. The molecule has 4 N–H and O–H groups in total. The summed E-state index contributed by atoms with van der Waals surface area (Å²) in [7, 11) is 0. The zero-order valence-corrected chi connectivity index (χ0v) is 17.7. The van der Waals surface area contributed by atoms with Crippen LogP contribution in [0.2, 0.25) is 0 Å². The molecule has 5 aromatic rings. The minimum atomic E-state index is -0.455. The second-order valence-corrected chi connectivity index (χ2v) is 7.18. The molecule has 0 spiro atoms. The van der Waals surface area contributed by atoms with Crippen LogP contribution in [-0.4, -0.2) is 36.7 Å². The van der Waals surface area contributed by atoms with Gasteiger partial charge in [0.25, 0.3) is 11.8 Å². The number of aromatic nitrogens is 5. The number of fused-ring (bicyclic) bond motifs is 1. The normalized spacial score (nSPS) is 10.4. The van der Waals surface area contributed by atoms with Gasteiger partial charge in [-0.2, -0.15) is 0 Å². The lowest BCUT2D eigenvalue weighted by molar-refractivity contribution is 0.101. The fourth-order valence-electron chi connectivity index (χ4n) is 3.25. The Morgan fingerprint density at radius 1 is 0.794 bits per heavy atom. The van der Waals surface area contributed by atoms with Crippen LogP contribution < -0.4 is 10.6 Å². The Labute approximate surface area is 193 Å². The molecule has 0 radical (unpaired) electrons. The number of amides is 2. The highest BCUT2D eigenvalue weighted by atomic mass is 16.2. The van der Waals surface area contributed by atoms with Gasteiger partial charge in [0, 0.05) is 29.7 Å². The summed E-state index contributed by atoms with van der Waals surface area (Å²) in [4.78, 5) is 43.8. The van der Waals surface area contributed by atoms with Crippen LogP contribution in [0.25, 0.3) is 11.0 Å². The Hall–Kier alpha value is -5.23. The Morgan fingerprint density at radius 2 is 1.62 bits per heavy atom. The van der Waals surface area contributed by atoms with Crippen molar-refractivity contribution >= 4 is 34.7 Å². The first-order chi connectivity index (χ1) is 16.7. The van der Waals surface area contributed by atoms with Crippen LogP contribution in [0.15, 0.2) is 79.3 Å². The van der Waals surface area contributed by atoms with Crippen molar-refractivity contribution in [3.8, 4) is 11.8 Å². The number of benzene rings is 2. The van der Waals surface area contributed by atoms with Gasteiger partial charge in [-0.05, 0) is 36.4 Å². The van der Waals surface area contributed by atoms with Gasteiger partial charge in [0.1, 0.15) is 11.2 Å². The molecule has 2 amide bonds. The van der Waals surface area contributed by atoms with Gasteiger partial charge in [-0.25, -0.2) is 9.97 Å². The molecule has 3 aromatic heterocycles. The zero-order valence-electron chi connectivity index (χ0n) is 17.7. The molecule has 0 aliphatic carbocycles. The van der Waals surface area contributed by atoms with Crippen molar-refractivity contribution in [2.45, 2.75) is 0 Å². The minimum Gasteiger partial charge on any atom is -0.331 e. The van der Waals surface area contributed by atoms with Gasteiger partial charge in [-0.1, -0.05) is 36.1 Å². The molecule has 0 saturated heterocycles. The van der Waals surface area contributed by atoms with E-state index in [2.05, 4.69) is 47.4 Å². The lowest BCUT2D eigenvalue weighted by Gasteiger charge is -2.02. The molecule has 0 bridgehead atoms. The maximum atomic E-state index is 12.8. The highest BCUT2D eigenvalue weighted by Gasteiger charge is 2.16.